The van der Waals surface area contributed by atoms with Crippen molar-refractivity contribution in [3.8, 4) is 11.5 Å². The fourth-order valence-corrected chi connectivity index (χ4v) is 2.91. The molecule has 0 saturated heterocycles. The average molecular weight is 399 g/mol. The van der Waals surface area contributed by atoms with Crippen molar-refractivity contribution in [2.24, 2.45) is 0 Å². The molecule has 2 N–H and O–H groups in total. The van der Waals surface area contributed by atoms with Crippen molar-refractivity contribution in [2.75, 3.05) is 17.7 Å². The number of rotatable bonds is 7. The summed E-state index contributed by atoms with van der Waals surface area (Å²) in [5.41, 5.74) is 1.64. The zero-order valence-electron chi connectivity index (χ0n) is 16.3. The zero-order chi connectivity index (χ0) is 20.1. The lowest BCUT2D eigenvalue weighted by molar-refractivity contribution is 0.244. The monoisotopic (exact) mass is 398 g/mol. The van der Waals surface area contributed by atoms with Crippen LogP contribution in [0.15, 0.2) is 48.5 Å². The number of anilines is 4. The number of benzene rings is 2. The van der Waals surface area contributed by atoms with E-state index in [4.69, 9.17) is 21.1 Å². The Morgan fingerprint density at radius 2 is 1.64 bits per heavy atom. The summed E-state index contributed by atoms with van der Waals surface area (Å²) in [5, 5.41) is 7.08. The predicted molar refractivity (Wildman–Crippen MR) is 114 cm³/mol. The third kappa shape index (κ3) is 5.04. The molecule has 146 valence electrons. The number of aromatic nitrogens is 2. The summed E-state index contributed by atoms with van der Waals surface area (Å²) in [6.45, 7) is 5.83. The van der Waals surface area contributed by atoms with Crippen LogP contribution in [0.4, 0.5) is 23.0 Å². The fraction of sp³-hybridized carbons (Fsp3) is 0.238. The molecule has 0 aliphatic heterocycles. The van der Waals surface area contributed by atoms with Gasteiger partial charge in [0.15, 0.2) is 0 Å². The molecule has 0 saturated carbocycles. The number of ether oxygens (including phenoxy) is 2. The molecular formula is C21H23ClN4O2. The first-order valence-electron chi connectivity index (χ1n) is 8.93. The van der Waals surface area contributed by atoms with Crippen LogP contribution < -0.4 is 20.1 Å². The van der Waals surface area contributed by atoms with E-state index in [0.29, 0.717) is 28.2 Å². The third-order valence-electron chi connectivity index (χ3n) is 3.77. The van der Waals surface area contributed by atoms with Gasteiger partial charge in [0.1, 0.15) is 29.0 Å². The van der Waals surface area contributed by atoms with E-state index >= 15 is 0 Å². The maximum Gasteiger partial charge on any atom is 0.143 e. The van der Waals surface area contributed by atoms with Gasteiger partial charge in [0.2, 0.25) is 0 Å². The summed E-state index contributed by atoms with van der Waals surface area (Å²) in [7, 11) is 1.58. The van der Waals surface area contributed by atoms with Gasteiger partial charge in [0.05, 0.1) is 23.9 Å². The number of halogens is 1. The first kappa shape index (κ1) is 19.8. The number of hydrogen-bond acceptors (Lipinski definition) is 6. The van der Waals surface area contributed by atoms with Crippen molar-refractivity contribution >= 4 is 34.6 Å². The van der Waals surface area contributed by atoms with Crippen LogP contribution in [0.1, 0.15) is 19.7 Å². The van der Waals surface area contributed by atoms with Crippen LogP contribution in [0.25, 0.3) is 0 Å². The molecule has 1 heterocycles. The second-order valence-electron chi connectivity index (χ2n) is 6.45. The van der Waals surface area contributed by atoms with E-state index in [1.165, 1.54) is 0 Å². The zero-order valence-corrected chi connectivity index (χ0v) is 17.0. The van der Waals surface area contributed by atoms with Crippen LogP contribution in [0, 0.1) is 6.92 Å². The minimum absolute atomic E-state index is 0.0760. The molecule has 0 aliphatic carbocycles. The molecule has 0 atom stereocenters. The second-order valence-corrected chi connectivity index (χ2v) is 6.85. The topological polar surface area (TPSA) is 68.3 Å². The van der Waals surface area contributed by atoms with Crippen molar-refractivity contribution in [3.05, 3.63) is 59.4 Å². The van der Waals surface area contributed by atoms with Gasteiger partial charge in [-0.15, -0.1) is 0 Å². The Balaban J connectivity index is 1.83. The molecule has 7 heteroatoms. The number of aryl methyl sites for hydroxylation is 1. The molecule has 0 radical (unpaired) electrons. The molecule has 0 fully saturated rings. The molecule has 0 bridgehead atoms. The van der Waals surface area contributed by atoms with Gasteiger partial charge in [-0.2, -0.15) is 0 Å². The Morgan fingerprint density at radius 1 is 0.929 bits per heavy atom. The van der Waals surface area contributed by atoms with Gasteiger partial charge in [-0.1, -0.05) is 23.7 Å². The first-order chi connectivity index (χ1) is 13.4. The van der Waals surface area contributed by atoms with E-state index in [9.17, 15) is 0 Å². The molecule has 0 aliphatic rings. The molecule has 6 nitrogen and oxygen atoms in total. The van der Waals surface area contributed by atoms with Crippen molar-refractivity contribution in [2.45, 2.75) is 26.9 Å². The van der Waals surface area contributed by atoms with Gasteiger partial charge in [0.25, 0.3) is 0 Å². The Hall–Kier alpha value is -2.99. The highest BCUT2D eigenvalue weighted by atomic mass is 35.5. The van der Waals surface area contributed by atoms with Crippen molar-refractivity contribution in [1.82, 2.24) is 9.97 Å². The third-order valence-corrected chi connectivity index (χ3v) is 4.07. The standard InChI is InChI=1S/C21H23ClN4O2/c1-13(2)28-19-8-6-5-7-17(19)26-21-12-20(23-14(3)24-21)25-15-9-10-18(27-4)16(22)11-15/h5-13H,1-4H3,(H2,23,24,25,26). The number of nitrogens with zero attached hydrogens (tertiary/aromatic N) is 2. The van der Waals surface area contributed by atoms with Crippen LogP contribution in [0.2, 0.25) is 5.02 Å². The molecule has 0 amide bonds. The molecule has 28 heavy (non-hydrogen) atoms. The van der Waals surface area contributed by atoms with Crippen molar-refractivity contribution < 1.29 is 9.47 Å². The maximum absolute atomic E-state index is 6.20. The largest absolute Gasteiger partial charge is 0.495 e. The van der Waals surface area contributed by atoms with Crippen LogP contribution in [0.3, 0.4) is 0 Å². The van der Waals surface area contributed by atoms with Crippen LogP contribution in [-0.4, -0.2) is 23.2 Å². The number of methoxy groups -OCH3 is 1. The van der Waals surface area contributed by atoms with E-state index in [2.05, 4.69) is 20.6 Å². The quantitative estimate of drug-likeness (QED) is 0.530. The fourth-order valence-electron chi connectivity index (χ4n) is 2.65. The van der Waals surface area contributed by atoms with Crippen molar-refractivity contribution in [3.63, 3.8) is 0 Å². The lowest BCUT2D eigenvalue weighted by Crippen LogP contribution is -2.08. The lowest BCUT2D eigenvalue weighted by Gasteiger charge is -2.16. The minimum Gasteiger partial charge on any atom is -0.495 e. The number of nitrogens with one attached hydrogen (secondary N) is 2. The van der Waals surface area contributed by atoms with E-state index in [-0.39, 0.29) is 6.10 Å². The van der Waals surface area contributed by atoms with Gasteiger partial charge in [-0.25, -0.2) is 9.97 Å². The van der Waals surface area contributed by atoms with Gasteiger partial charge >= 0.3 is 0 Å². The van der Waals surface area contributed by atoms with Crippen LogP contribution in [0.5, 0.6) is 11.5 Å². The Bertz CT molecular complexity index is 963. The molecular weight excluding hydrogens is 376 g/mol. The Kier molecular flexibility index (Phi) is 6.21. The first-order valence-corrected chi connectivity index (χ1v) is 9.31. The molecule has 3 rings (SSSR count). The van der Waals surface area contributed by atoms with Gasteiger partial charge in [0, 0.05) is 11.8 Å². The summed E-state index contributed by atoms with van der Waals surface area (Å²) in [6.07, 6.45) is 0.0760. The summed E-state index contributed by atoms with van der Waals surface area (Å²) < 4.78 is 11.0. The molecule has 2 aromatic carbocycles. The smallest absolute Gasteiger partial charge is 0.143 e. The van der Waals surface area contributed by atoms with E-state index in [1.54, 1.807) is 19.2 Å². The van der Waals surface area contributed by atoms with Crippen molar-refractivity contribution in [1.29, 1.82) is 0 Å². The van der Waals surface area contributed by atoms with Crippen LogP contribution >= 0.6 is 11.6 Å². The van der Waals surface area contributed by atoms with E-state index in [1.807, 2.05) is 57.2 Å². The van der Waals surface area contributed by atoms with E-state index in [0.717, 1.165) is 17.1 Å². The number of hydrogen-bond donors (Lipinski definition) is 2. The normalized spacial score (nSPS) is 10.6. The number of para-hydroxylation sites is 2. The van der Waals surface area contributed by atoms with Gasteiger partial charge < -0.3 is 20.1 Å². The van der Waals surface area contributed by atoms with Gasteiger partial charge in [-0.3, -0.25) is 0 Å². The summed E-state index contributed by atoms with van der Waals surface area (Å²) in [4.78, 5) is 8.92. The molecule has 0 unspecified atom stereocenters. The minimum atomic E-state index is 0.0760. The summed E-state index contributed by atoms with van der Waals surface area (Å²) >= 11 is 6.20. The maximum atomic E-state index is 6.20. The molecule has 0 spiro atoms. The predicted octanol–water partition coefficient (Wildman–Crippen LogP) is 5.72. The molecule has 1 aromatic heterocycles. The highest BCUT2D eigenvalue weighted by Gasteiger charge is 2.09. The highest BCUT2D eigenvalue weighted by Crippen LogP contribution is 2.30. The van der Waals surface area contributed by atoms with Crippen LogP contribution in [-0.2, 0) is 0 Å². The van der Waals surface area contributed by atoms with E-state index < -0.39 is 0 Å². The average Bonchev–Trinajstić information content (AvgIpc) is 2.63. The Labute approximate surface area is 169 Å². The summed E-state index contributed by atoms with van der Waals surface area (Å²) in [6, 6.07) is 15.1. The molecule has 3 aromatic rings. The highest BCUT2D eigenvalue weighted by molar-refractivity contribution is 6.32. The van der Waals surface area contributed by atoms with Gasteiger partial charge in [-0.05, 0) is 51.1 Å². The summed E-state index contributed by atoms with van der Waals surface area (Å²) in [5.74, 6) is 3.34. The second kappa shape index (κ2) is 8.80. The Morgan fingerprint density at radius 3 is 2.32 bits per heavy atom. The SMILES string of the molecule is COc1ccc(Nc2cc(Nc3ccccc3OC(C)C)nc(C)n2)cc1Cl. The lowest BCUT2D eigenvalue weighted by atomic mass is 10.2.